The van der Waals surface area contributed by atoms with E-state index in [2.05, 4.69) is 14.7 Å². The van der Waals surface area contributed by atoms with Crippen molar-refractivity contribution in [1.82, 2.24) is 9.97 Å². The van der Waals surface area contributed by atoms with Crippen LogP contribution >= 0.6 is 11.6 Å². The molecule has 0 bridgehead atoms. The lowest BCUT2D eigenvalue weighted by atomic mass is 10.2. The van der Waals surface area contributed by atoms with Gasteiger partial charge in [0.1, 0.15) is 17.6 Å². The molecule has 0 saturated carbocycles. The van der Waals surface area contributed by atoms with E-state index in [1.54, 1.807) is 0 Å². The third kappa shape index (κ3) is 2.14. The number of esters is 1. The van der Waals surface area contributed by atoms with Gasteiger partial charge in [0.25, 0.3) is 0 Å². The molecule has 1 heterocycles. The van der Waals surface area contributed by atoms with Crippen LogP contribution < -0.4 is 0 Å². The van der Waals surface area contributed by atoms with Gasteiger partial charge in [0.05, 0.1) is 7.11 Å². The van der Waals surface area contributed by atoms with Gasteiger partial charge in [-0.25, -0.2) is 14.8 Å². The topological polar surface area (TPSA) is 52.1 Å². The first kappa shape index (κ1) is 10.8. The van der Waals surface area contributed by atoms with E-state index in [1.165, 1.54) is 0 Å². The van der Waals surface area contributed by atoms with Crippen molar-refractivity contribution in [2.45, 2.75) is 5.38 Å². The highest BCUT2D eigenvalue weighted by Gasteiger charge is 2.35. The fourth-order valence-corrected chi connectivity index (χ4v) is 0.965. The zero-order valence-corrected chi connectivity index (χ0v) is 7.76. The molecule has 1 aromatic heterocycles. The van der Waals surface area contributed by atoms with Gasteiger partial charge < -0.3 is 4.74 Å². The van der Waals surface area contributed by atoms with Crippen LogP contribution in [0.3, 0.4) is 0 Å². The van der Waals surface area contributed by atoms with Gasteiger partial charge in [-0.05, 0) is 11.6 Å². The maximum atomic E-state index is 12.7. The van der Waals surface area contributed by atoms with Gasteiger partial charge in [-0.3, -0.25) is 0 Å². The summed E-state index contributed by atoms with van der Waals surface area (Å²) < 4.78 is 29.6. The lowest BCUT2D eigenvalue weighted by Gasteiger charge is -2.09. The third-order valence-electron chi connectivity index (χ3n) is 1.39. The van der Waals surface area contributed by atoms with Crippen LogP contribution in [0.15, 0.2) is 12.5 Å². The second kappa shape index (κ2) is 3.83. The summed E-state index contributed by atoms with van der Waals surface area (Å²) in [6, 6.07) is 0. The Morgan fingerprint density at radius 1 is 1.64 bits per heavy atom. The average Bonchev–Trinajstić information content (AvgIpc) is 2.15. The smallest absolute Gasteiger partial charge is 0.365 e. The molecule has 76 valence electrons. The van der Waals surface area contributed by atoms with E-state index in [1.807, 2.05) is 0 Å². The van der Waals surface area contributed by atoms with Gasteiger partial charge in [0.15, 0.2) is 0 Å². The molecule has 0 aromatic carbocycles. The largest absolute Gasteiger partial charge is 0.465 e. The van der Waals surface area contributed by atoms with Crippen LogP contribution in [0, 0.1) is 0 Å². The highest BCUT2D eigenvalue weighted by Crippen LogP contribution is 2.32. The van der Waals surface area contributed by atoms with Crippen LogP contribution in [0.1, 0.15) is 16.1 Å². The molecular weight excluding hydrogens is 218 g/mol. The van der Waals surface area contributed by atoms with Gasteiger partial charge in [-0.1, -0.05) is 0 Å². The van der Waals surface area contributed by atoms with Crippen molar-refractivity contribution in [3.8, 4) is 0 Å². The second-order valence-corrected chi connectivity index (χ2v) is 2.75. The minimum Gasteiger partial charge on any atom is -0.465 e. The summed E-state index contributed by atoms with van der Waals surface area (Å²) in [6.45, 7) is 0. The number of hydrogen-bond donors (Lipinski definition) is 0. The van der Waals surface area contributed by atoms with Crippen molar-refractivity contribution in [3.63, 3.8) is 0 Å². The molecule has 0 unspecified atom stereocenters. The van der Waals surface area contributed by atoms with Crippen molar-refractivity contribution in [2.75, 3.05) is 7.11 Å². The summed E-state index contributed by atoms with van der Waals surface area (Å²) in [6.07, 6.45) is 1.79. The molecule has 0 N–H and O–H groups in total. The zero-order chi connectivity index (χ0) is 10.8. The number of carbonyl (C=O) groups is 1. The summed E-state index contributed by atoms with van der Waals surface area (Å²) >= 11 is 4.73. The molecular formula is C7H5ClF2N2O2. The van der Waals surface area contributed by atoms with Gasteiger partial charge >= 0.3 is 11.4 Å². The lowest BCUT2D eigenvalue weighted by molar-refractivity contribution is 0.0562. The summed E-state index contributed by atoms with van der Waals surface area (Å²) in [5, 5.41) is -3.72. The van der Waals surface area contributed by atoms with E-state index in [4.69, 9.17) is 11.6 Å². The molecule has 4 nitrogen and oxygen atoms in total. The summed E-state index contributed by atoms with van der Waals surface area (Å²) in [7, 11) is 1.06. The molecule has 0 atom stereocenters. The molecule has 0 amide bonds. The maximum Gasteiger partial charge on any atom is 0.365 e. The molecule has 0 saturated heterocycles. The van der Waals surface area contributed by atoms with Gasteiger partial charge in [-0.2, -0.15) is 8.78 Å². The second-order valence-electron chi connectivity index (χ2n) is 2.27. The predicted octanol–water partition coefficient (Wildman–Crippen LogP) is 1.55. The SMILES string of the molecule is COC(=O)c1cncnc1C(F)(F)Cl. The molecule has 1 aromatic rings. The number of hydrogen-bond acceptors (Lipinski definition) is 4. The van der Waals surface area contributed by atoms with Crippen LogP contribution in [0.5, 0.6) is 0 Å². The monoisotopic (exact) mass is 222 g/mol. The molecule has 1 rings (SSSR count). The number of carbonyl (C=O) groups excluding carboxylic acids is 1. The standard InChI is InChI=1S/C7H5ClF2N2O2/c1-14-6(13)4-2-11-3-12-5(4)7(8,9)10/h2-3H,1H3. The van der Waals surface area contributed by atoms with Gasteiger partial charge in [0.2, 0.25) is 0 Å². The number of aromatic nitrogens is 2. The molecule has 14 heavy (non-hydrogen) atoms. The first-order valence-corrected chi connectivity index (χ1v) is 3.80. The van der Waals surface area contributed by atoms with E-state index in [0.717, 1.165) is 19.6 Å². The van der Waals surface area contributed by atoms with E-state index in [9.17, 15) is 13.6 Å². The molecule has 0 aliphatic carbocycles. The van der Waals surface area contributed by atoms with Crippen molar-refractivity contribution in [3.05, 3.63) is 23.8 Å². The number of alkyl halides is 3. The lowest BCUT2D eigenvalue weighted by Crippen LogP contribution is -2.15. The molecule has 0 aliphatic heterocycles. The van der Waals surface area contributed by atoms with E-state index < -0.39 is 22.6 Å². The third-order valence-corrected chi connectivity index (χ3v) is 1.57. The number of nitrogens with zero attached hydrogens (tertiary/aromatic N) is 2. The van der Waals surface area contributed by atoms with Crippen LogP contribution in [0.2, 0.25) is 0 Å². The Hall–Kier alpha value is -1.30. The highest BCUT2D eigenvalue weighted by molar-refractivity contribution is 6.22. The van der Waals surface area contributed by atoms with Crippen LogP contribution in [0.25, 0.3) is 0 Å². The fourth-order valence-electron chi connectivity index (χ4n) is 0.815. The zero-order valence-electron chi connectivity index (χ0n) is 7.00. The van der Waals surface area contributed by atoms with Crippen LogP contribution in [-0.4, -0.2) is 23.0 Å². The van der Waals surface area contributed by atoms with E-state index in [0.29, 0.717) is 0 Å². The number of rotatable bonds is 2. The number of halogens is 3. The van der Waals surface area contributed by atoms with E-state index >= 15 is 0 Å². The fraction of sp³-hybridized carbons (Fsp3) is 0.286. The Labute approximate surface area is 82.9 Å². The molecule has 7 heteroatoms. The summed E-state index contributed by atoms with van der Waals surface area (Å²) in [5.41, 5.74) is -1.31. The highest BCUT2D eigenvalue weighted by atomic mass is 35.5. The Bertz CT molecular complexity index is 354. The quantitative estimate of drug-likeness (QED) is 0.563. The maximum absolute atomic E-state index is 12.7. The average molecular weight is 223 g/mol. The summed E-state index contributed by atoms with van der Waals surface area (Å²) in [4.78, 5) is 17.6. The number of methoxy groups -OCH3 is 1. The Kier molecular flexibility index (Phi) is 2.95. The molecule has 0 aliphatic rings. The van der Waals surface area contributed by atoms with Crippen molar-refractivity contribution >= 4 is 17.6 Å². The number of ether oxygens (including phenoxy) is 1. The predicted molar refractivity (Wildman–Crippen MR) is 43.1 cm³/mol. The van der Waals surface area contributed by atoms with Crippen LogP contribution in [0.4, 0.5) is 8.78 Å². The summed E-state index contributed by atoms with van der Waals surface area (Å²) in [5.74, 6) is -0.957. The van der Waals surface area contributed by atoms with Crippen molar-refractivity contribution in [1.29, 1.82) is 0 Å². The minimum absolute atomic E-state index is 0.449. The van der Waals surface area contributed by atoms with Crippen molar-refractivity contribution < 1.29 is 18.3 Å². The normalized spacial score (nSPS) is 11.1. The molecule has 0 radical (unpaired) electrons. The van der Waals surface area contributed by atoms with Crippen LogP contribution in [-0.2, 0) is 10.1 Å². The van der Waals surface area contributed by atoms with Gasteiger partial charge in [-0.15, -0.1) is 0 Å². The van der Waals surface area contributed by atoms with Crippen molar-refractivity contribution in [2.24, 2.45) is 0 Å². The minimum atomic E-state index is -3.72. The molecule has 0 spiro atoms. The Balaban J connectivity index is 3.23. The van der Waals surface area contributed by atoms with E-state index in [-0.39, 0.29) is 0 Å². The Morgan fingerprint density at radius 3 is 2.79 bits per heavy atom. The first-order chi connectivity index (χ1) is 6.46. The van der Waals surface area contributed by atoms with Gasteiger partial charge in [0, 0.05) is 6.20 Å². The first-order valence-electron chi connectivity index (χ1n) is 3.42. The molecule has 0 fully saturated rings. The Morgan fingerprint density at radius 2 is 2.29 bits per heavy atom.